The maximum Gasteiger partial charge on any atom is 0.408 e. The molecule has 0 spiro atoms. The zero-order valence-electron chi connectivity index (χ0n) is 17.4. The summed E-state index contributed by atoms with van der Waals surface area (Å²) in [4.78, 5) is 31.2. The summed E-state index contributed by atoms with van der Waals surface area (Å²) in [6.45, 7) is 0.182. The SMILES string of the molecule is Cc1cc(N2CCCN(CC(F)(F)F)C2=O)nc2c(C(=O)NC(C3CC3)C(F)(F)F)cnn12. The number of urea groups is 1. The van der Waals surface area contributed by atoms with Gasteiger partial charge in [-0.2, -0.15) is 31.4 Å². The highest BCUT2D eigenvalue weighted by molar-refractivity contribution is 6.00. The number of nitrogens with one attached hydrogen (secondary N) is 1. The number of carbonyl (C=O) groups is 2. The number of alkyl halides is 6. The van der Waals surface area contributed by atoms with Crippen LogP contribution in [0.2, 0.25) is 0 Å². The number of halogens is 6. The van der Waals surface area contributed by atoms with E-state index in [1.54, 1.807) is 6.92 Å². The number of anilines is 1. The molecule has 14 heteroatoms. The molecule has 1 aliphatic carbocycles. The molecule has 3 amide bonds. The van der Waals surface area contributed by atoms with Crippen LogP contribution in [0.1, 0.15) is 35.3 Å². The van der Waals surface area contributed by atoms with E-state index < -0.39 is 42.8 Å². The van der Waals surface area contributed by atoms with Crippen molar-refractivity contribution in [2.45, 2.75) is 44.6 Å². The van der Waals surface area contributed by atoms with E-state index in [0.717, 1.165) is 11.1 Å². The highest BCUT2D eigenvalue weighted by atomic mass is 19.4. The number of rotatable bonds is 5. The number of hydrogen-bond donors (Lipinski definition) is 1. The summed E-state index contributed by atoms with van der Waals surface area (Å²) in [6, 6.07) is -1.48. The van der Waals surface area contributed by atoms with E-state index >= 15 is 0 Å². The lowest BCUT2D eigenvalue weighted by Gasteiger charge is -2.35. The molecular formula is C19H20F6N6O2. The molecule has 0 bridgehead atoms. The summed E-state index contributed by atoms with van der Waals surface area (Å²) in [5.74, 6) is -1.72. The Morgan fingerprint density at radius 2 is 1.91 bits per heavy atom. The second-order valence-corrected chi connectivity index (χ2v) is 8.20. The Kier molecular flexibility index (Phi) is 5.65. The van der Waals surface area contributed by atoms with Gasteiger partial charge in [-0.15, -0.1) is 0 Å². The Hall–Kier alpha value is -3.06. The molecule has 2 aromatic rings. The van der Waals surface area contributed by atoms with Crippen LogP contribution in [0.15, 0.2) is 12.3 Å². The molecule has 8 nitrogen and oxygen atoms in total. The van der Waals surface area contributed by atoms with Crippen LogP contribution < -0.4 is 10.2 Å². The fourth-order valence-corrected chi connectivity index (χ4v) is 3.87. The van der Waals surface area contributed by atoms with E-state index in [-0.39, 0.29) is 36.5 Å². The van der Waals surface area contributed by atoms with Crippen LogP contribution in [-0.2, 0) is 0 Å². The molecule has 1 atom stereocenters. The second-order valence-electron chi connectivity index (χ2n) is 8.20. The maximum absolute atomic E-state index is 13.3. The van der Waals surface area contributed by atoms with Gasteiger partial charge >= 0.3 is 18.4 Å². The minimum absolute atomic E-state index is 0.0130. The van der Waals surface area contributed by atoms with E-state index in [1.165, 1.54) is 10.6 Å². The lowest BCUT2D eigenvalue weighted by molar-refractivity contribution is -0.158. The second kappa shape index (κ2) is 8.06. The predicted octanol–water partition coefficient (Wildman–Crippen LogP) is 3.30. The molecular weight excluding hydrogens is 458 g/mol. The van der Waals surface area contributed by atoms with E-state index in [2.05, 4.69) is 10.1 Å². The summed E-state index contributed by atoms with van der Waals surface area (Å²) >= 11 is 0. The zero-order chi connectivity index (χ0) is 24.1. The van der Waals surface area contributed by atoms with Crippen molar-refractivity contribution in [3.8, 4) is 0 Å². The number of aryl methyl sites for hydroxylation is 1. The molecule has 0 aromatic carbocycles. The highest BCUT2D eigenvalue weighted by Crippen LogP contribution is 2.40. The standard InChI is InChI=1S/C19H20F6N6O2/c1-10-7-13(30-6-2-5-29(17(30)33)9-18(20,21)22)27-15-12(8-26-31(10)15)16(32)28-14(11-3-4-11)19(23,24)25/h7-8,11,14H,2-6,9H2,1H3,(H,28,32). The topological polar surface area (TPSA) is 82.8 Å². The summed E-state index contributed by atoms with van der Waals surface area (Å²) in [5, 5.41) is 5.99. The Balaban J connectivity index is 1.64. The van der Waals surface area contributed by atoms with Gasteiger partial charge in [0.15, 0.2) is 5.65 Å². The largest absolute Gasteiger partial charge is 0.408 e. The van der Waals surface area contributed by atoms with Crippen LogP contribution in [0, 0.1) is 12.8 Å². The monoisotopic (exact) mass is 478 g/mol. The number of nitrogens with zero attached hydrogens (tertiary/aromatic N) is 5. The third-order valence-electron chi connectivity index (χ3n) is 5.57. The highest BCUT2D eigenvalue weighted by Gasteiger charge is 2.50. The fraction of sp³-hybridized carbons (Fsp3) is 0.579. The van der Waals surface area contributed by atoms with E-state index in [9.17, 15) is 35.9 Å². The first-order valence-electron chi connectivity index (χ1n) is 10.2. The molecule has 0 radical (unpaired) electrons. The van der Waals surface area contributed by atoms with E-state index in [0.29, 0.717) is 23.4 Å². The predicted molar refractivity (Wildman–Crippen MR) is 103 cm³/mol. The maximum atomic E-state index is 13.3. The van der Waals surface area contributed by atoms with Crippen LogP contribution in [0.25, 0.3) is 5.65 Å². The Morgan fingerprint density at radius 3 is 2.52 bits per heavy atom. The first-order chi connectivity index (χ1) is 15.3. The third kappa shape index (κ3) is 4.83. The molecule has 2 aromatic heterocycles. The van der Waals surface area contributed by atoms with Crippen molar-refractivity contribution in [2.24, 2.45) is 5.92 Å². The first kappa shape index (κ1) is 23.1. The van der Waals surface area contributed by atoms with Gasteiger partial charge in [0.2, 0.25) is 0 Å². The average molecular weight is 478 g/mol. The van der Waals surface area contributed by atoms with Gasteiger partial charge in [-0.25, -0.2) is 14.3 Å². The van der Waals surface area contributed by atoms with Crippen LogP contribution in [0.4, 0.5) is 37.0 Å². The van der Waals surface area contributed by atoms with Gasteiger partial charge in [0.1, 0.15) is 24.0 Å². The molecule has 3 heterocycles. The quantitative estimate of drug-likeness (QED) is 0.669. The number of carbonyl (C=O) groups excluding carboxylic acids is 2. The van der Waals surface area contributed by atoms with Gasteiger partial charge in [-0.1, -0.05) is 0 Å². The number of fused-ring (bicyclic) bond motifs is 1. The minimum Gasteiger partial charge on any atom is -0.340 e. The third-order valence-corrected chi connectivity index (χ3v) is 5.57. The van der Waals surface area contributed by atoms with Crippen LogP contribution in [0.3, 0.4) is 0 Å². The van der Waals surface area contributed by atoms with E-state index in [4.69, 9.17) is 0 Å². The van der Waals surface area contributed by atoms with Gasteiger partial charge in [0, 0.05) is 24.8 Å². The van der Waals surface area contributed by atoms with Crippen molar-refractivity contribution in [1.82, 2.24) is 24.8 Å². The van der Waals surface area contributed by atoms with Gasteiger partial charge in [0.05, 0.1) is 6.20 Å². The number of aromatic nitrogens is 3. The summed E-state index contributed by atoms with van der Waals surface area (Å²) < 4.78 is 79.6. The van der Waals surface area contributed by atoms with E-state index in [1.807, 2.05) is 5.32 Å². The lowest BCUT2D eigenvalue weighted by atomic mass is 10.1. The van der Waals surface area contributed by atoms with Crippen molar-refractivity contribution < 1.29 is 35.9 Å². The normalized spacial score (nSPS) is 18.7. The van der Waals surface area contributed by atoms with Crippen molar-refractivity contribution in [2.75, 3.05) is 24.5 Å². The first-order valence-corrected chi connectivity index (χ1v) is 10.2. The Morgan fingerprint density at radius 1 is 1.21 bits per heavy atom. The number of amides is 3. The molecule has 2 fully saturated rings. The van der Waals surface area contributed by atoms with Crippen molar-refractivity contribution in [3.05, 3.63) is 23.5 Å². The lowest BCUT2D eigenvalue weighted by Crippen LogP contribution is -2.52. The molecule has 180 valence electrons. The minimum atomic E-state index is -4.61. The van der Waals surface area contributed by atoms with Crippen LogP contribution >= 0.6 is 0 Å². The molecule has 1 N–H and O–H groups in total. The van der Waals surface area contributed by atoms with Crippen molar-refractivity contribution >= 4 is 23.4 Å². The summed E-state index contributed by atoms with van der Waals surface area (Å²) in [6.07, 6.45) is -7.15. The van der Waals surface area contributed by atoms with Gasteiger partial charge < -0.3 is 10.2 Å². The zero-order valence-corrected chi connectivity index (χ0v) is 17.4. The van der Waals surface area contributed by atoms with Gasteiger partial charge in [-0.05, 0) is 32.1 Å². The van der Waals surface area contributed by atoms with Gasteiger partial charge in [0.25, 0.3) is 5.91 Å². The summed E-state index contributed by atoms with van der Waals surface area (Å²) in [7, 11) is 0. The van der Waals surface area contributed by atoms with Gasteiger partial charge in [-0.3, -0.25) is 9.69 Å². The molecule has 2 aliphatic rings. The molecule has 1 aliphatic heterocycles. The Bertz CT molecular complexity index is 1080. The number of hydrogen-bond acceptors (Lipinski definition) is 4. The van der Waals surface area contributed by atoms with Crippen molar-refractivity contribution in [3.63, 3.8) is 0 Å². The molecule has 33 heavy (non-hydrogen) atoms. The van der Waals surface area contributed by atoms with Crippen LogP contribution in [0.5, 0.6) is 0 Å². The average Bonchev–Trinajstić information content (AvgIpc) is 3.43. The molecule has 1 saturated heterocycles. The smallest absolute Gasteiger partial charge is 0.340 e. The molecule has 1 saturated carbocycles. The fourth-order valence-electron chi connectivity index (χ4n) is 3.87. The summed E-state index contributed by atoms with van der Waals surface area (Å²) in [5.41, 5.74) is 0.0655. The molecule has 1 unspecified atom stereocenters. The van der Waals surface area contributed by atoms with Crippen molar-refractivity contribution in [1.29, 1.82) is 0 Å². The Labute approximate surface area is 183 Å². The van der Waals surface area contributed by atoms with Crippen LogP contribution in [-0.4, -0.2) is 69.5 Å². The molecule has 4 rings (SSSR count).